The van der Waals surface area contributed by atoms with Crippen LogP contribution in [0.15, 0.2) is 78.9 Å². The zero-order valence-corrected chi connectivity index (χ0v) is 18.6. The normalized spacial score (nSPS) is 12.9. The van der Waals surface area contributed by atoms with Crippen LogP contribution in [0.2, 0.25) is 0 Å². The molecule has 0 fully saturated rings. The summed E-state index contributed by atoms with van der Waals surface area (Å²) in [5.41, 5.74) is 0.503. The van der Waals surface area contributed by atoms with Crippen LogP contribution in [-0.4, -0.2) is 31.4 Å². The first-order valence-corrected chi connectivity index (χ1v) is 10.6. The van der Waals surface area contributed by atoms with Crippen LogP contribution in [-0.2, 0) is 6.54 Å². The van der Waals surface area contributed by atoms with Gasteiger partial charge in [0.15, 0.2) is 0 Å². The molecule has 0 bridgehead atoms. The van der Waals surface area contributed by atoms with E-state index in [0.717, 1.165) is 12.1 Å². The van der Waals surface area contributed by atoms with Crippen molar-refractivity contribution >= 4 is 5.69 Å². The van der Waals surface area contributed by atoms with Crippen LogP contribution in [0, 0.1) is 0 Å². The van der Waals surface area contributed by atoms with E-state index < -0.39 is 43.6 Å². The van der Waals surface area contributed by atoms with Crippen molar-refractivity contribution in [1.29, 1.82) is 0 Å². The van der Waals surface area contributed by atoms with E-state index in [-0.39, 0.29) is 17.8 Å². The molecule has 0 heterocycles. The molecule has 3 aromatic rings. The lowest BCUT2D eigenvalue weighted by molar-refractivity contribution is -0.253. The number of halogens is 8. The number of ether oxygens (including phenoxy) is 2. The molecule has 0 saturated carbocycles. The molecule has 194 valence electrons. The van der Waals surface area contributed by atoms with Gasteiger partial charge in [0.05, 0.1) is 6.42 Å². The van der Waals surface area contributed by atoms with E-state index in [9.17, 15) is 35.1 Å². The highest BCUT2D eigenvalue weighted by Gasteiger charge is 2.44. The van der Waals surface area contributed by atoms with Gasteiger partial charge in [-0.05, 0) is 42.0 Å². The van der Waals surface area contributed by atoms with Gasteiger partial charge in [0.2, 0.25) is 0 Å². The predicted octanol–water partition coefficient (Wildman–Crippen LogP) is 8.01. The van der Waals surface area contributed by atoms with E-state index in [1.165, 1.54) is 29.2 Å². The molecule has 0 saturated heterocycles. The minimum Gasteiger partial charge on any atom is -0.457 e. The molecule has 1 unspecified atom stereocenters. The molecule has 0 N–H and O–H groups in total. The fourth-order valence-electron chi connectivity index (χ4n) is 3.31. The number of para-hydroxylation sites is 1. The van der Waals surface area contributed by atoms with Crippen molar-refractivity contribution in [2.75, 3.05) is 11.4 Å². The van der Waals surface area contributed by atoms with Crippen molar-refractivity contribution in [1.82, 2.24) is 0 Å². The number of rotatable bonds is 11. The third-order valence-electron chi connectivity index (χ3n) is 4.81. The summed E-state index contributed by atoms with van der Waals surface area (Å²) in [4.78, 5) is 1.26. The molecule has 0 aliphatic carbocycles. The first-order chi connectivity index (χ1) is 16.9. The summed E-state index contributed by atoms with van der Waals surface area (Å²) in [5.74, 6) is 0.237. The Bertz CT molecular complexity index is 1110. The van der Waals surface area contributed by atoms with E-state index >= 15 is 0 Å². The smallest absolute Gasteiger partial charge is 0.457 e. The minimum atomic E-state index is -4.74. The Labute approximate surface area is 201 Å². The fraction of sp³-hybridized carbons (Fsp3) is 0.280. The van der Waals surface area contributed by atoms with Crippen molar-refractivity contribution in [2.45, 2.75) is 37.8 Å². The zero-order chi connectivity index (χ0) is 26.3. The summed E-state index contributed by atoms with van der Waals surface area (Å²) in [6.45, 7) is -0.920. The van der Waals surface area contributed by atoms with Crippen LogP contribution >= 0.6 is 0 Å². The van der Waals surface area contributed by atoms with E-state index in [1.54, 1.807) is 42.5 Å². The molecule has 36 heavy (non-hydrogen) atoms. The van der Waals surface area contributed by atoms with Crippen LogP contribution < -0.4 is 14.4 Å². The van der Waals surface area contributed by atoms with Gasteiger partial charge < -0.3 is 14.4 Å². The Hall–Kier alpha value is -3.50. The fourth-order valence-corrected chi connectivity index (χ4v) is 3.31. The molecule has 0 aliphatic heterocycles. The molecule has 11 heteroatoms. The predicted molar refractivity (Wildman–Crippen MR) is 118 cm³/mol. The molecule has 3 rings (SSSR count). The van der Waals surface area contributed by atoms with Gasteiger partial charge in [0, 0.05) is 24.8 Å². The number of nitrogens with zero attached hydrogens (tertiary/aromatic N) is 1. The van der Waals surface area contributed by atoms with Crippen LogP contribution in [0.5, 0.6) is 17.2 Å². The number of alkyl halides is 8. The average molecular weight is 519 g/mol. The molecule has 0 radical (unpaired) electrons. The molecular weight excluding hydrogens is 498 g/mol. The monoisotopic (exact) mass is 519 g/mol. The zero-order valence-electron chi connectivity index (χ0n) is 18.6. The van der Waals surface area contributed by atoms with Crippen molar-refractivity contribution < 1.29 is 44.6 Å². The lowest BCUT2D eigenvalue weighted by Crippen LogP contribution is -2.34. The molecule has 0 aliphatic rings. The summed E-state index contributed by atoms with van der Waals surface area (Å²) in [6.07, 6.45) is -17.5. The van der Waals surface area contributed by atoms with Crippen molar-refractivity contribution in [3.8, 4) is 17.2 Å². The molecule has 0 aromatic heterocycles. The molecule has 0 amide bonds. The third kappa shape index (κ3) is 8.31. The van der Waals surface area contributed by atoms with Gasteiger partial charge in [0.1, 0.15) is 23.4 Å². The molecule has 1 atom stereocenters. The maximum atomic E-state index is 14.4. The highest BCUT2D eigenvalue weighted by molar-refractivity contribution is 5.52. The maximum absolute atomic E-state index is 14.4. The van der Waals surface area contributed by atoms with Gasteiger partial charge in [-0.3, -0.25) is 0 Å². The SMILES string of the molecule is FC(CN(Cc1cccc(OC(F)(F)C(F)F)c1)c1cccc(Oc2ccccc2)c1)CC(F)(F)F. The average Bonchev–Trinajstić information content (AvgIpc) is 2.78. The second-order valence-electron chi connectivity index (χ2n) is 7.82. The largest absolute Gasteiger partial charge is 0.461 e. The van der Waals surface area contributed by atoms with Crippen molar-refractivity contribution in [3.05, 3.63) is 84.4 Å². The van der Waals surface area contributed by atoms with Gasteiger partial charge >= 0.3 is 18.7 Å². The first kappa shape index (κ1) is 27.1. The van der Waals surface area contributed by atoms with Crippen LogP contribution in [0.3, 0.4) is 0 Å². The topological polar surface area (TPSA) is 21.7 Å². The standard InChI is InChI=1S/C25H21F8NO2/c26-18(14-24(29,30)31)16-34(15-17-6-4-11-22(12-17)36-25(32,33)23(27)28)19-7-5-10-21(13-19)35-20-8-2-1-3-9-20/h1-13,18,23H,14-16H2. The molecule has 3 aromatic carbocycles. The highest BCUT2D eigenvalue weighted by atomic mass is 19.4. The summed E-state index contributed by atoms with van der Waals surface area (Å²) < 4.78 is 114. The maximum Gasteiger partial charge on any atom is 0.461 e. The number of anilines is 1. The number of benzene rings is 3. The van der Waals surface area contributed by atoms with Gasteiger partial charge in [-0.1, -0.05) is 36.4 Å². The summed E-state index contributed by atoms with van der Waals surface area (Å²) >= 11 is 0. The second-order valence-corrected chi connectivity index (χ2v) is 7.82. The van der Waals surface area contributed by atoms with Crippen LogP contribution in [0.4, 0.5) is 40.8 Å². The molecule has 0 spiro atoms. The summed E-state index contributed by atoms with van der Waals surface area (Å²) in [6, 6.07) is 19.5. The Morgan fingerprint density at radius 2 is 1.36 bits per heavy atom. The quantitative estimate of drug-likeness (QED) is 0.240. The van der Waals surface area contributed by atoms with E-state index in [2.05, 4.69) is 4.74 Å². The Balaban J connectivity index is 1.86. The summed E-state index contributed by atoms with van der Waals surface area (Å²) in [5, 5.41) is 0. The Morgan fingerprint density at radius 1 is 0.722 bits per heavy atom. The minimum absolute atomic E-state index is 0.214. The number of hydrogen-bond acceptors (Lipinski definition) is 3. The van der Waals surface area contributed by atoms with Crippen molar-refractivity contribution in [3.63, 3.8) is 0 Å². The highest BCUT2D eigenvalue weighted by Crippen LogP contribution is 2.31. The van der Waals surface area contributed by atoms with Gasteiger partial charge in [-0.15, -0.1) is 0 Å². The van der Waals surface area contributed by atoms with E-state index in [0.29, 0.717) is 11.5 Å². The van der Waals surface area contributed by atoms with Gasteiger partial charge in [0.25, 0.3) is 0 Å². The van der Waals surface area contributed by atoms with E-state index in [4.69, 9.17) is 4.74 Å². The van der Waals surface area contributed by atoms with E-state index in [1.807, 2.05) is 0 Å². The lowest BCUT2D eigenvalue weighted by Gasteiger charge is -2.28. The second kappa shape index (κ2) is 11.5. The third-order valence-corrected chi connectivity index (χ3v) is 4.81. The lowest BCUT2D eigenvalue weighted by atomic mass is 10.1. The molecule has 3 nitrogen and oxygen atoms in total. The molecular formula is C25H21F8NO2. The van der Waals surface area contributed by atoms with Crippen LogP contribution in [0.25, 0.3) is 0 Å². The summed E-state index contributed by atoms with van der Waals surface area (Å²) in [7, 11) is 0. The van der Waals surface area contributed by atoms with Gasteiger partial charge in [-0.25, -0.2) is 4.39 Å². The van der Waals surface area contributed by atoms with Crippen LogP contribution in [0.1, 0.15) is 12.0 Å². The first-order valence-electron chi connectivity index (χ1n) is 10.6. The number of hydrogen-bond donors (Lipinski definition) is 0. The Morgan fingerprint density at radius 3 is 2.03 bits per heavy atom. The Kier molecular flexibility index (Phi) is 8.65. The van der Waals surface area contributed by atoms with Gasteiger partial charge in [-0.2, -0.15) is 30.7 Å². The van der Waals surface area contributed by atoms with Crippen molar-refractivity contribution in [2.24, 2.45) is 0 Å².